The van der Waals surface area contributed by atoms with Gasteiger partial charge in [0.15, 0.2) is 0 Å². The number of benzene rings is 1. The smallest absolute Gasteiger partial charge is 0.264 e. The second-order valence-electron chi connectivity index (χ2n) is 7.01. The predicted octanol–water partition coefficient (Wildman–Crippen LogP) is 4.30. The molecule has 2 aromatic heterocycles. The van der Waals surface area contributed by atoms with Crippen molar-refractivity contribution in [1.82, 2.24) is 14.5 Å². The number of hydrogen-bond donors (Lipinski definition) is 1. The number of hydrogen-bond acceptors (Lipinski definition) is 4. The molecule has 0 saturated carbocycles. The maximum atomic E-state index is 12.4. The number of amides is 2. The van der Waals surface area contributed by atoms with Crippen LogP contribution in [0.25, 0.3) is 11.0 Å². The molecule has 1 aliphatic rings. The molecule has 0 atom stereocenters. The van der Waals surface area contributed by atoms with Gasteiger partial charge in [-0.05, 0) is 59.1 Å². The topological polar surface area (TPSA) is 67.2 Å². The van der Waals surface area contributed by atoms with Crippen LogP contribution in [0.2, 0.25) is 0 Å². The van der Waals surface area contributed by atoms with Crippen LogP contribution in [0, 0.1) is 0 Å². The van der Waals surface area contributed by atoms with E-state index < -0.39 is 0 Å². The number of fused-ring (bicyclic) bond motifs is 3. The van der Waals surface area contributed by atoms with E-state index in [1.165, 1.54) is 35.5 Å². The maximum Gasteiger partial charge on any atom is 0.264 e. The molecule has 1 aromatic carbocycles. The lowest BCUT2D eigenvalue weighted by Crippen LogP contribution is -2.34. The first-order chi connectivity index (χ1) is 13.5. The van der Waals surface area contributed by atoms with Crippen LogP contribution >= 0.6 is 27.3 Å². The van der Waals surface area contributed by atoms with Gasteiger partial charge in [-0.15, -0.1) is 11.3 Å². The van der Waals surface area contributed by atoms with Crippen molar-refractivity contribution < 1.29 is 9.59 Å². The fraction of sp³-hybridized carbons (Fsp3) is 0.350. The van der Waals surface area contributed by atoms with E-state index in [0.29, 0.717) is 10.6 Å². The molecule has 0 saturated heterocycles. The fourth-order valence-corrected chi connectivity index (χ4v) is 4.91. The van der Waals surface area contributed by atoms with Crippen molar-refractivity contribution in [3.05, 3.63) is 44.8 Å². The number of nitrogens with zero attached hydrogens (tertiary/aromatic N) is 3. The highest BCUT2D eigenvalue weighted by Crippen LogP contribution is 2.25. The summed E-state index contributed by atoms with van der Waals surface area (Å²) in [6.45, 7) is 0.995. The molecule has 4 rings (SSSR count). The fourth-order valence-electron chi connectivity index (χ4n) is 3.53. The molecule has 2 amide bonds. The van der Waals surface area contributed by atoms with E-state index in [1.54, 1.807) is 13.1 Å². The van der Waals surface area contributed by atoms with Crippen molar-refractivity contribution >= 4 is 55.8 Å². The molecule has 0 spiro atoms. The Bertz CT molecular complexity index is 1040. The Morgan fingerprint density at radius 1 is 1.25 bits per heavy atom. The number of nitrogens with one attached hydrogen (secondary N) is 1. The molecule has 28 heavy (non-hydrogen) atoms. The predicted molar refractivity (Wildman–Crippen MR) is 115 cm³/mol. The number of anilines is 1. The summed E-state index contributed by atoms with van der Waals surface area (Å²) < 4.78 is 3.18. The Balaban J connectivity index is 1.44. The van der Waals surface area contributed by atoms with Gasteiger partial charge in [0, 0.05) is 25.7 Å². The lowest BCUT2D eigenvalue weighted by Gasteiger charge is -2.16. The van der Waals surface area contributed by atoms with Crippen molar-refractivity contribution in [3.8, 4) is 0 Å². The molecule has 146 valence electrons. The number of likely N-dealkylation sites (N-methyl/N-ethyl adjacent to an activating group) is 1. The first kappa shape index (κ1) is 19.1. The number of carbonyl (C=O) groups excluding carboxylic acids is 2. The van der Waals surface area contributed by atoms with Crippen LogP contribution < -0.4 is 5.32 Å². The number of imidazole rings is 1. The standard InChI is InChI=1S/C20H21BrN4O2S/c1-24(20(27)16-8-9-17(21)28-16)12-19(26)22-13-6-7-15-14(11-13)23-18-5-3-2-4-10-25(15)18/h6-9,11H,2-5,10,12H2,1H3,(H,22,26). The first-order valence-electron chi connectivity index (χ1n) is 9.31. The van der Waals surface area contributed by atoms with Crippen LogP contribution in [-0.2, 0) is 17.8 Å². The molecule has 0 aliphatic carbocycles. The van der Waals surface area contributed by atoms with Gasteiger partial charge in [0.25, 0.3) is 5.91 Å². The summed E-state index contributed by atoms with van der Waals surface area (Å²) in [5.41, 5.74) is 2.72. The van der Waals surface area contributed by atoms with Crippen molar-refractivity contribution in [2.45, 2.75) is 32.2 Å². The summed E-state index contributed by atoms with van der Waals surface area (Å²) in [5, 5.41) is 2.88. The first-order valence-corrected chi connectivity index (χ1v) is 10.9. The quantitative estimate of drug-likeness (QED) is 0.630. The lowest BCUT2D eigenvalue weighted by atomic mass is 10.2. The third-order valence-corrected chi connectivity index (χ3v) is 6.52. The van der Waals surface area contributed by atoms with Gasteiger partial charge in [0.2, 0.25) is 5.91 Å². The van der Waals surface area contributed by atoms with Gasteiger partial charge in [-0.25, -0.2) is 4.98 Å². The van der Waals surface area contributed by atoms with Crippen molar-refractivity contribution in [1.29, 1.82) is 0 Å². The van der Waals surface area contributed by atoms with E-state index in [-0.39, 0.29) is 18.4 Å². The lowest BCUT2D eigenvalue weighted by molar-refractivity contribution is -0.116. The van der Waals surface area contributed by atoms with Gasteiger partial charge in [0.05, 0.1) is 26.2 Å². The SMILES string of the molecule is CN(CC(=O)Nc1ccc2c(c1)nc1n2CCCCC1)C(=O)c1ccc(Br)s1. The number of aromatic nitrogens is 2. The van der Waals surface area contributed by atoms with Crippen LogP contribution in [-0.4, -0.2) is 39.9 Å². The average Bonchev–Trinajstić information content (AvgIpc) is 3.16. The van der Waals surface area contributed by atoms with Gasteiger partial charge in [-0.3, -0.25) is 9.59 Å². The minimum atomic E-state index is -0.230. The van der Waals surface area contributed by atoms with E-state index in [2.05, 4.69) is 25.8 Å². The van der Waals surface area contributed by atoms with E-state index in [9.17, 15) is 9.59 Å². The number of thiophene rings is 1. The molecule has 1 N–H and O–H groups in total. The molecule has 1 aliphatic heterocycles. The van der Waals surface area contributed by atoms with Gasteiger partial charge in [-0.1, -0.05) is 6.42 Å². The monoisotopic (exact) mass is 460 g/mol. The van der Waals surface area contributed by atoms with Gasteiger partial charge in [-0.2, -0.15) is 0 Å². The summed E-state index contributed by atoms with van der Waals surface area (Å²) in [4.78, 5) is 31.6. The van der Waals surface area contributed by atoms with Crippen molar-refractivity contribution in [2.24, 2.45) is 0 Å². The summed E-state index contributed by atoms with van der Waals surface area (Å²) in [5.74, 6) is 0.731. The molecular formula is C20H21BrN4O2S. The zero-order valence-corrected chi connectivity index (χ0v) is 18.0. The van der Waals surface area contributed by atoms with Crippen LogP contribution in [0.4, 0.5) is 5.69 Å². The molecule has 0 radical (unpaired) electrons. The summed E-state index contributed by atoms with van der Waals surface area (Å²) in [7, 11) is 1.63. The Morgan fingerprint density at radius 2 is 2.11 bits per heavy atom. The number of carbonyl (C=O) groups is 2. The van der Waals surface area contributed by atoms with Gasteiger partial charge >= 0.3 is 0 Å². The highest BCUT2D eigenvalue weighted by Gasteiger charge is 2.18. The Labute approximate surface area is 175 Å². The molecule has 0 fully saturated rings. The van der Waals surface area contributed by atoms with Crippen LogP contribution in [0.15, 0.2) is 34.1 Å². The zero-order valence-electron chi connectivity index (χ0n) is 15.6. The van der Waals surface area contributed by atoms with E-state index in [4.69, 9.17) is 4.98 Å². The molecule has 8 heteroatoms. The Morgan fingerprint density at radius 3 is 2.89 bits per heavy atom. The van der Waals surface area contributed by atoms with Gasteiger partial charge in [0.1, 0.15) is 5.82 Å². The maximum absolute atomic E-state index is 12.4. The zero-order chi connectivity index (χ0) is 19.7. The second-order valence-corrected chi connectivity index (χ2v) is 9.47. The van der Waals surface area contributed by atoms with Crippen molar-refractivity contribution in [3.63, 3.8) is 0 Å². The third kappa shape index (κ3) is 3.98. The van der Waals surface area contributed by atoms with Crippen LogP contribution in [0.5, 0.6) is 0 Å². The van der Waals surface area contributed by atoms with Crippen LogP contribution in [0.1, 0.15) is 34.8 Å². The summed E-state index contributed by atoms with van der Waals surface area (Å²) >= 11 is 4.70. The molecule has 3 heterocycles. The highest BCUT2D eigenvalue weighted by atomic mass is 79.9. The summed E-state index contributed by atoms with van der Waals surface area (Å²) in [6.07, 6.45) is 4.60. The largest absolute Gasteiger partial charge is 0.332 e. The number of rotatable bonds is 4. The molecule has 0 unspecified atom stereocenters. The molecule has 0 bridgehead atoms. The highest BCUT2D eigenvalue weighted by molar-refractivity contribution is 9.11. The van der Waals surface area contributed by atoms with E-state index in [0.717, 1.165) is 33.6 Å². The van der Waals surface area contributed by atoms with E-state index >= 15 is 0 Å². The number of halogens is 1. The average molecular weight is 461 g/mol. The normalized spacial score (nSPS) is 13.8. The molecular weight excluding hydrogens is 440 g/mol. The Hall–Kier alpha value is -2.19. The minimum absolute atomic E-state index is 0.00786. The van der Waals surface area contributed by atoms with Gasteiger partial charge < -0.3 is 14.8 Å². The Kier molecular flexibility index (Phi) is 5.50. The number of aryl methyl sites for hydroxylation is 2. The van der Waals surface area contributed by atoms with Crippen molar-refractivity contribution in [2.75, 3.05) is 18.9 Å². The molecule has 6 nitrogen and oxygen atoms in total. The molecule has 3 aromatic rings. The minimum Gasteiger partial charge on any atom is -0.332 e. The van der Waals surface area contributed by atoms with Crippen LogP contribution in [0.3, 0.4) is 0 Å². The second kappa shape index (κ2) is 8.05. The summed E-state index contributed by atoms with van der Waals surface area (Å²) in [6, 6.07) is 9.41. The van der Waals surface area contributed by atoms with E-state index in [1.807, 2.05) is 24.3 Å². The third-order valence-electron chi connectivity index (χ3n) is 4.90.